The molecule has 3 heterocycles. The second-order valence-corrected chi connectivity index (χ2v) is 11.2. The van der Waals surface area contributed by atoms with Crippen molar-refractivity contribution in [2.45, 2.75) is 89.1 Å². The minimum Gasteiger partial charge on any atom is -0.351 e. The summed E-state index contributed by atoms with van der Waals surface area (Å²) in [6.07, 6.45) is 7.93. The minimum absolute atomic E-state index is 0.0102. The molecule has 8 nitrogen and oxygen atoms in total. The van der Waals surface area contributed by atoms with Crippen LogP contribution in [0.15, 0.2) is 0 Å². The van der Waals surface area contributed by atoms with Gasteiger partial charge in [0.25, 0.3) is 0 Å². The average molecular weight is 448 g/mol. The zero-order chi connectivity index (χ0) is 22.2. The lowest BCUT2D eigenvalue weighted by atomic mass is 9.76. The van der Waals surface area contributed by atoms with E-state index in [1.165, 1.54) is 25.7 Å². The molecule has 0 spiro atoms. The fraction of sp³-hybridized carbons (Fsp3) is 0.917. The van der Waals surface area contributed by atoms with E-state index in [1.54, 1.807) is 0 Å². The van der Waals surface area contributed by atoms with E-state index in [1.807, 2.05) is 0 Å². The van der Waals surface area contributed by atoms with Crippen LogP contribution >= 0.6 is 0 Å². The highest BCUT2D eigenvalue weighted by Crippen LogP contribution is 2.39. The minimum atomic E-state index is -0.267. The van der Waals surface area contributed by atoms with Crippen LogP contribution in [0.2, 0.25) is 0 Å². The van der Waals surface area contributed by atoms with Gasteiger partial charge in [0.1, 0.15) is 6.04 Å². The number of amides is 2. The first-order valence-corrected chi connectivity index (χ1v) is 13.0. The third-order valence-electron chi connectivity index (χ3n) is 8.65. The number of hydrogen-bond acceptors (Lipinski definition) is 6. The van der Waals surface area contributed by atoms with Gasteiger partial charge in [-0.1, -0.05) is 20.3 Å². The Kier molecular flexibility index (Phi) is 6.75. The van der Waals surface area contributed by atoms with Crippen molar-refractivity contribution in [2.75, 3.05) is 19.6 Å². The van der Waals surface area contributed by atoms with Gasteiger partial charge in [-0.15, -0.1) is 0 Å². The summed E-state index contributed by atoms with van der Waals surface area (Å²) in [4.78, 5) is 31.8. The van der Waals surface area contributed by atoms with Crippen molar-refractivity contribution in [3.05, 3.63) is 0 Å². The molecule has 3 aliphatic heterocycles. The predicted molar refractivity (Wildman–Crippen MR) is 121 cm³/mol. The van der Waals surface area contributed by atoms with Gasteiger partial charge >= 0.3 is 0 Å². The zero-order valence-corrected chi connectivity index (χ0v) is 19.6. The first-order chi connectivity index (χ1) is 15.5. The molecule has 0 aromatic heterocycles. The van der Waals surface area contributed by atoms with Gasteiger partial charge in [-0.25, -0.2) is 0 Å². The van der Waals surface area contributed by atoms with Crippen LogP contribution < -0.4 is 26.7 Å². The van der Waals surface area contributed by atoms with E-state index in [2.05, 4.69) is 40.6 Å². The van der Waals surface area contributed by atoms with Crippen molar-refractivity contribution in [3.8, 4) is 0 Å². The maximum absolute atomic E-state index is 13.2. The predicted octanol–water partition coefficient (Wildman–Crippen LogP) is 0.682. The number of fused-ring (bicyclic) bond motifs is 1. The molecular formula is C24H41N5O3. The van der Waals surface area contributed by atoms with Gasteiger partial charge < -0.3 is 21.3 Å². The van der Waals surface area contributed by atoms with Gasteiger partial charge in [0.05, 0.1) is 18.1 Å². The molecule has 2 saturated carbocycles. The van der Waals surface area contributed by atoms with Gasteiger partial charge in [-0.3, -0.25) is 14.4 Å². The van der Waals surface area contributed by atoms with Crippen LogP contribution in [0.3, 0.4) is 0 Å². The molecule has 2 amide bonds. The van der Waals surface area contributed by atoms with E-state index in [4.69, 9.17) is 4.84 Å². The van der Waals surface area contributed by atoms with Crippen LogP contribution in [-0.4, -0.2) is 61.7 Å². The molecule has 5 rings (SSSR count). The summed E-state index contributed by atoms with van der Waals surface area (Å²) >= 11 is 0. The smallest absolute Gasteiger partial charge is 0.239 e. The number of hydrogen-bond donors (Lipinski definition) is 5. The molecule has 3 saturated heterocycles. The quantitative estimate of drug-likeness (QED) is 0.410. The van der Waals surface area contributed by atoms with Crippen molar-refractivity contribution < 1.29 is 14.4 Å². The molecule has 180 valence electrons. The van der Waals surface area contributed by atoms with Crippen molar-refractivity contribution in [2.24, 2.45) is 29.6 Å². The number of carbonyl (C=O) groups excluding carboxylic acids is 2. The summed E-state index contributed by atoms with van der Waals surface area (Å²) in [6, 6.07) is 0.359. The molecule has 5 N–H and O–H groups in total. The summed E-state index contributed by atoms with van der Waals surface area (Å²) < 4.78 is 0. The van der Waals surface area contributed by atoms with E-state index in [9.17, 15) is 9.59 Å². The Morgan fingerprint density at radius 1 is 0.969 bits per heavy atom. The molecule has 5 fully saturated rings. The molecule has 8 heteroatoms. The van der Waals surface area contributed by atoms with Crippen LogP contribution in [0.4, 0.5) is 0 Å². The Bertz CT molecular complexity index is 697. The molecule has 32 heavy (non-hydrogen) atoms. The number of rotatable bonds is 6. The summed E-state index contributed by atoms with van der Waals surface area (Å²) in [7, 11) is 0. The highest BCUT2D eigenvalue weighted by atomic mass is 16.7. The number of nitrogens with one attached hydrogen (secondary N) is 5. The van der Waals surface area contributed by atoms with Crippen molar-refractivity contribution in [1.29, 1.82) is 0 Å². The summed E-state index contributed by atoms with van der Waals surface area (Å²) in [5.41, 5.74) is 3.09. The zero-order valence-electron chi connectivity index (χ0n) is 19.6. The third kappa shape index (κ3) is 4.83. The van der Waals surface area contributed by atoms with Crippen molar-refractivity contribution in [1.82, 2.24) is 26.7 Å². The van der Waals surface area contributed by atoms with E-state index in [0.717, 1.165) is 32.4 Å². The van der Waals surface area contributed by atoms with Crippen LogP contribution in [0.1, 0.15) is 58.8 Å². The van der Waals surface area contributed by atoms with Crippen LogP contribution in [0, 0.1) is 29.6 Å². The standard InChI is InChI=1S/C24H41N5O3/c1-13-4-3-5-16-9-19(29-32-22(13)16)24(31)28-21(15-6-7-15)20-14(2)8-17(10-26-20)23(30)27-18-11-25-12-18/h13-22,25-26,29H,3-12H2,1-2H3,(H,27,30)(H,28,31). The largest absolute Gasteiger partial charge is 0.351 e. The van der Waals surface area contributed by atoms with Crippen LogP contribution in [0.25, 0.3) is 0 Å². The molecule has 0 bridgehead atoms. The lowest BCUT2D eigenvalue weighted by molar-refractivity contribution is -0.161. The number of piperidine rings is 1. The van der Waals surface area contributed by atoms with Gasteiger partial charge in [0, 0.05) is 31.7 Å². The fourth-order valence-corrected chi connectivity index (χ4v) is 6.40. The second kappa shape index (κ2) is 9.57. The van der Waals surface area contributed by atoms with Gasteiger partial charge in [0.2, 0.25) is 11.8 Å². The van der Waals surface area contributed by atoms with E-state index < -0.39 is 0 Å². The van der Waals surface area contributed by atoms with Crippen molar-refractivity contribution >= 4 is 11.8 Å². The Hall–Kier alpha value is -1.22. The normalized spacial score (nSPS) is 41.1. The third-order valence-corrected chi connectivity index (χ3v) is 8.65. The van der Waals surface area contributed by atoms with Crippen molar-refractivity contribution in [3.63, 3.8) is 0 Å². The van der Waals surface area contributed by atoms with Gasteiger partial charge in [-0.2, -0.15) is 5.48 Å². The summed E-state index contributed by atoms with van der Waals surface area (Å²) in [5.74, 6) is 2.16. The maximum Gasteiger partial charge on any atom is 0.239 e. The van der Waals surface area contributed by atoms with Crippen LogP contribution in [-0.2, 0) is 14.4 Å². The molecule has 8 unspecified atom stereocenters. The molecule has 0 aromatic carbocycles. The highest BCUT2D eigenvalue weighted by Gasteiger charge is 2.45. The van der Waals surface area contributed by atoms with Gasteiger partial charge in [-0.05, 0) is 62.2 Å². The molecule has 0 aromatic rings. The molecular weight excluding hydrogens is 406 g/mol. The van der Waals surface area contributed by atoms with Gasteiger partial charge in [0.15, 0.2) is 0 Å². The topological polar surface area (TPSA) is 104 Å². The molecule has 5 aliphatic rings. The molecule has 2 aliphatic carbocycles. The van der Waals surface area contributed by atoms with E-state index >= 15 is 0 Å². The van der Waals surface area contributed by atoms with E-state index in [-0.39, 0.29) is 48.0 Å². The monoisotopic (exact) mass is 447 g/mol. The fourth-order valence-electron chi connectivity index (χ4n) is 6.40. The summed E-state index contributed by atoms with van der Waals surface area (Å²) in [5, 5.41) is 13.4. The Labute approximate surface area is 191 Å². The first-order valence-electron chi connectivity index (χ1n) is 13.0. The molecule has 0 radical (unpaired) electrons. The van der Waals surface area contributed by atoms with E-state index in [0.29, 0.717) is 30.2 Å². The lowest BCUT2D eigenvalue weighted by Gasteiger charge is -2.43. The Morgan fingerprint density at radius 2 is 1.78 bits per heavy atom. The average Bonchev–Trinajstić information content (AvgIpc) is 3.60. The summed E-state index contributed by atoms with van der Waals surface area (Å²) in [6.45, 7) is 6.92. The molecule has 8 atom stereocenters. The Morgan fingerprint density at radius 3 is 2.47 bits per heavy atom. The Balaban J connectivity index is 1.15. The lowest BCUT2D eigenvalue weighted by Crippen LogP contribution is -2.63. The second-order valence-electron chi connectivity index (χ2n) is 11.2. The highest BCUT2D eigenvalue weighted by molar-refractivity contribution is 5.82. The number of carbonyl (C=O) groups is 2. The SMILES string of the molecule is CC1CC(C(=O)NC2CNC2)CNC1C(NC(=O)C1CC2CCCC(C)C2ON1)C1CC1. The van der Waals surface area contributed by atoms with Crippen LogP contribution in [0.5, 0.6) is 0 Å². The number of hydroxylamine groups is 1. The first kappa shape index (κ1) is 22.6. The maximum atomic E-state index is 13.2.